The fourth-order valence-electron chi connectivity index (χ4n) is 6.98. The molecule has 2 amide bonds. The van der Waals surface area contributed by atoms with Crippen LogP contribution < -0.4 is 15.4 Å². The number of nitrogens with zero attached hydrogens (tertiary/aromatic N) is 5. The van der Waals surface area contributed by atoms with E-state index in [4.69, 9.17) is 49.5 Å². The van der Waals surface area contributed by atoms with E-state index in [2.05, 4.69) is 26.2 Å². The molecule has 2 aromatic carbocycles. The van der Waals surface area contributed by atoms with E-state index in [1.807, 2.05) is 59.5 Å². The number of esters is 1. The van der Waals surface area contributed by atoms with Gasteiger partial charge < -0.3 is 53.4 Å². The van der Waals surface area contributed by atoms with Gasteiger partial charge in [-0.1, -0.05) is 42.6 Å². The van der Waals surface area contributed by atoms with Crippen LogP contribution in [0.2, 0.25) is 5.02 Å². The number of amides is 2. The highest BCUT2D eigenvalue weighted by Crippen LogP contribution is 2.34. The molecule has 0 radical (unpaired) electrons. The van der Waals surface area contributed by atoms with Gasteiger partial charge in [-0.3, -0.25) is 9.59 Å². The number of likely N-dealkylation sites (N-methyl/N-ethyl adjacent to an activating group) is 1. The van der Waals surface area contributed by atoms with Crippen LogP contribution in [0, 0.1) is 0 Å². The third kappa shape index (κ3) is 18.4. The molecule has 5 atom stereocenters. The molecule has 20 heteroatoms. The van der Waals surface area contributed by atoms with Crippen molar-refractivity contribution < 1.29 is 52.3 Å². The first kappa shape index (κ1) is 52.1. The maximum Gasteiger partial charge on any atom is 0.340 e. The topological polar surface area (TPSA) is 199 Å². The van der Waals surface area contributed by atoms with Crippen molar-refractivity contribution in [2.45, 2.75) is 105 Å². The smallest absolute Gasteiger partial charge is 0.340 e. The van der Waals surface area contributed by atoms with E-state index in [0.29, 0.717) is 82.5 Å². The lowest BCUT2D eigenvalue weighted by atomic mass is 10.0. The molecule has 5 rings (SSSR count). The minimum absolute atomic E-state index is 0.151. The van der Waals surface area contributed by atoms with Crippen LogP contribution in [0.15, 0.2) is 64.6 Å². The van der Waals surface area contributed by atoms with Gasteiger partial charge in [0.15, 0.2) is 5.60 Å². The van der Waals surface area contributed by atoms with Gasteiger partial charge in [-0.25, -0.2) is 9.48 Å². The Labute approximate surface area is 391 Å². The third-order valence-corrected chi connectivity index (χ3v) is 12.2. The van der Waals surface area contributed by atoms with Crippen LogP contribution in [0.3, 0.4) is 0 Å². The minimum Gasteiger partial charge on any atom is -0.494 e. The maximum atomic E-state index is 14.1. The predicted molar refractivity (Wildman–Crippen MR) is 242 cm³/mol. The molecule has 0 bridgehead atoms. The minimum atomic E-state index is -0.905. The quantitative estimate of drug-likeness (QED) is 0.0486. The van der Waals surface area contributed by atoms with Gasteiger partial charge in [-0.05, 0) is 112 Å². The van der Waals surface area contributed by atoms with Crippen molar-refractivity contribution in [2.75, 3.05) is 92.9 Å². The fourth-order valence-corrected chi connectivity index (χ4v) is 7.90. The summed E-state index contributed by atoms with van der Waals surface area (Å²) in [7, 11) is 1.69. The Morgan fingerprint density at radius 3 is 2.17 bits per heavy atom. The zero-order valence-corrected chi connectivity index (χ0v) is 39.4. The molecular weight excluding hydrogens is 882 g/mol. The molecule has 18 nitrogen and oxygen atoms in total. The number of epoxide rings is 1. The first-order valence-corrected chi connectivity index (χ1v) is 23.8. The van der Waals surface area contributed by atoms with Crippen LogP contribution in [-0.2, 0) is 54.1 Å². The van der Waals surface area contributed by atoms with Crippen LogP contribution in [-0.4, -0.2) is 166 Å². The Kier molecular flexibility index (Phi) is 23.2. The van der Waals surface area contributed by atoms with E-state index in [9.17, 15) is 14.4 Å². The van der Waals surface area contributed by atoms with Crippen LogP contribution in [0.5, 0.6) is 5.75 Å². The first-order chi connectivity index (χ1) is 31.7. The number of carbonyl (C=O) groups excluding carboxylic acids is 3. The van der Waals surface area contributed by atoms with Gasteiger partial charge in [0, 0.05) is 16.5 Å². The van der Waals surface area contributed by atoms with Crippen LogP contribution in [0.25, 0.3) is 0 Å². The van der Waals surface area contributed by atoms with Crippen molar-refractivity contribution in [3.63, 3.8) is 0 Å². The Morgan fingerprint density at radius 2 is 1.51 bits per heavy atom. The number of tetrazole rings is 1. The van der Waals surface area contributed by atoms with Crippen molar-refractivity contribution in [2.24, 2.45) is 0 Å². The summed E-state index contributed by atoms with van der Waals surface area (Å²) in [4.78, 5) is 42.5. The number of halogens is 1. The maximum absolute atomic E-state index is 14.1. The largest absolute Gasteiger partial charge is 0.494 e. The average Bonchev–Trinajstić information content (AvgIpc) is 3.76. The van der Waals surface area contributed by atoms with E-state index < -0.39 is 23.8 Å². The zero-order chi connectivity index (χ0) is 46.1. The molecule has 2 aliphatic heterocycles. The Balaban J connectivity index is 0.861. The van der Waals surface area contributed by atoms with Gasteiger partial charge in [0.1, 0.15) is 18.4 Å². The molecule has 3 aromatic rings. The summed E-state index contributed by atoms with van der Waals surface area (Å²) < 4.78 is 46.8. The monoisotopic (exact) mass is 947 g/mol. The fraction of sp³-hybridized carbons (Fsp3) is 0.644. The number of ether oxygens (including phenoxy) is 8. The number of rotatable bonds is 34. The highest BCUT2D eigenvalue weighted by molar-refractivity contribution is 7.99. The van der Waals surface area contributed by atoms with E-state index in [1.165, 1.54) is 11.8 Å². The predicted octanol–water partition coefficient (Wildman–Crippen LogP) is 4.37. The van der Waals surface area contributed by atoms with E-state index in [-0.39, 0.29) is 50.3 Å². The van der Waals surface area contributed by atoms with Crippen molar-refractivity contribution in [3.05, 3.63) is 59.6 Å². The number of aromatic nitrogens is 4. The molecule has 1 aromatic heterocycles. The van der Waals surface area contributed by atoms with Gasteiger partial charge in [0.2, 0.25) is 17.0 Å². The number of nitrogens with one attached hydrogen (secondary N) is 2. The van der Waals surface area contributed by atoms with Crippen molar-refractivity contribution in [1.82, 2.24) is 35.7 Å². The van der Waals surface area contributed by atoms with E-state index in [1.54, 1.807) is 25.6 Å². The molecule has 2 N–H and O–H groups in total. The molecule has 0 aliphatic carbocycles. The first-order valence-electron chi connectivity index (χ1n) is 22.6. The molecular formula is C45H66ClN7O11S. The lowest BCUT2D eigenvalue weighted by Crippen LogP contribution is -2.58. The number of benzene rings is 2. The van der Waals surface area contributed by atoms with E-state index in [0.717, 1.165) is 49.2 Å². The molecule has 2 fully saturated rings. The third-order valence-electron chi connectivity index (χ3n) is 11.0. The molecule has 4 unspecified atom stereocenters. The number of likely N-dealkylation sites (tertiary alicyclic amines) is 1. The summed E-state index contributed by atoms with van der Waals surface area (Å²) in [5.74, 6) is -0.0318. The lowest BCUT2D eigenvalue weighted by Gasteiger charge is -2.32. The van der Waals surface area contributed by atoms with Crippen LogP contribution >= 0.6 is 23.4 Å². The highest BCUT2D eigenvalue weighted by atomic mass is 35.5. The molecule has 3 heterocycles. The van der Waals surface area contributed by atoms with Crippen molar-refractivity contribution in [1.29, 1.82) is 0 Å². The SMILES string of the molecule is CNC(C)C(=O)NC(C(=O)N1CCC[C@H]1Cn1nnnc1Sc1ccccc1)C(C)OCCOCCOCCOCCOCCOC(=O)C1(CCCCCCOc2ccc(Cl)cc2)CO1. The Bertz CT molecular complexity index is 1830. The van der Waals surface area contributed by atoms with Gasteiger partial charge in [0.05, 0.1) is 97.4 Å². The zero-order valence-electron chi connectivity index (χ0n) is 37.9. The standard InChI is InChI=1S/C45H66ClN7O11S/c1-34(47-3)41(54)48-40(42(55)52-20-11-12-37(52)32-53-44(49-50-51-53)65-39-13-7-6-8-14-39)35(2)61-30-28-59-26-24-57-22-23-58-25-27-60-29-31-63-43(56)45(33-64-45)19-9-4-5-10-21-62-38-17-15-36(46)16-18-38/h6-8,13-18,34-35,37,40,47H,4-5,9-12,19-33H2,1-3H3,(H,48,54)/t34?,35?,37-,40?,45?/m0/s1. The number of hydrogen-bond donors (Lipinski definition) is 2. The molecule has 2 saturated heterocycles. The molecule has 0 saturated carbocycles. The summed E-state index contributed by atoms with van der Waals surface area (Å²) in [6.45, 7) is 8.71. The van der Waals surface area contributed by atoms with Crippen LogP contribution in [0.4, 0.5) is 0 Å². The van der Waals surface area contributed by atoms with Gasteiger partial charge in [-0.2, -0.15) is 0 Å². The van der Waals surface area contributed by atoms with Gasteiger partial charge in [-0.15, -0.1) is 5.10 Å². The van der Waals surface area contributed by atoms with Crippen molar-refractivity contribution >= 4 is 41.1 Å². The molecule has 65 heavy (non-hydrogen) atoms. The second kappa shape index (κ2) is 29.0. The van der Waals surface area contributed by atoms with Crippen LogP contribution in [0.1, 0.15) is 58.8 Å². The summed E-state index contributed by atoms with van der Waals surface area (Å²) in [6, 6.07) is 15.6. The summed E-state index contributed by atoms with van der Waals surface area (Å²) >= 11 is 7.36. The summed E-state index contributed by atoms with van der Waals surface area (Å²) in [5.41, 5.74) is -0.803. The molecule has 360 valence electrons. The second-order valence-corrected chi connectivity index (χ2v) is 17.3. The number of hydrogen-bond acceptors (Lipinski definition) is 16. The van der Waals surface area contributed by atoms with E-state index >= 15 is 0 Å². The normalized spacial score (nSPS) is 18.3. The Hall–Kier alpha value is -3.92. The highest BCUT2D eigenvalue weighted by Gasteiger charge is 2.53. The van der Waals surface area contributed by atoms with Gasteiger partial charge in [0.25, 0.3) is 0 Å². The average molecular weight is 949 g/mol. The van der Waals surface area contributed by atoms with Crippen molar-refractivity contribution in [3.8, 4) is 5.75 Å². The summed E-state index contributed by atoms with van der Waals surface area (Å²) in [5, 5.41) is 19.5. The summed E-state index contributed by atoms with van der Waals surface area (Å²) in [6.07, 6.45) is 5.42. The second-order valence-electron chi connectivity index (χ2n) is 15.8. The lowest BCUT2D eigenvalue weighted by molar-refractivity contribution is -0.152. The van der Waals surface area contributed by atoms with Gasteiger partial charge >= 0.3 is 5.97 Å². The Morgan fingerprint density at radius 1 is 0.862 bits per heavy atom. The number of carbonyl (C=O) groups is 3. The molecule has 0 spiro atoms. The molecule has 2 aliphatic rings. The number of unbranched alkanes of at least 4 members (excludes halogenated alkanes) is 3.